The Hall–Kier alpha value is -0.570. The van der Waals surface area contributed by atoms with Crippen molar-refractivity contribution in [2.75, 3.05) is 13.2 Å². The van der Waals surface area contributed by atoms with E-state index in [2.05, 4.69) is 19.2 Å². The predicted octanol–water partition coefficient (Wildman–Crippen LogP) is 1.33. The van der Waals surface area contributed by atoms with E-state index in [0.717, 1.165) is 26.1 Å². The van der Waals surface area contributed by atoms with Gasteiger partial charge in [0.15, 0.2) is 0 Å². The lowest BCUT2D eigenvalue weighted by Gasteiger charge is -2.29. The van der Waals surface area contributed by atoms with Gasteiger partial charge >= 0.3 is 0 Å². The number of rotatable bonds is 2. The van der Waals surface area contributed by atoms with E-state index in [1.54, 1.807) is 0 Å². The van der Waals surface area contributed by atoms with Gasteiger partial charge in [0, 0.05) is 24.5 Å². The molecule has 2 atom stereocenters. The summed E-state index contributed by atoms with van der Waals surface area (Å²) >= 11 is 0. The highest BCUT2D eigenvalue weighted by Crippen LogP contribution is 2.41. The highest BCUT2D eigenvalue weighted by Gasteiger charge is 2.49. The average Bonchev–Trinajstić information content (AvgIpc) is 2.61. The molecule has 0 aliphatic carbocycles. The fourth-order valence-corrected chi connectivity index (χ4v) is 2.66. The number of ether oxygens (including phenoxy) is 1. The van der Waals surface area contributed by atoms with E-state index in [0.29, 0.717) is 18.4 Å². The van der Waals surface area contributed by atoms with Crippen LogP contribution in [0.2, 0.25) is 0 Å². The first-order chi connectivity index (χ1) is 6.62. The van der Waals surface area contributed by atoms with Gasteiger partial charge in [-0.05, 0) is 18.8 Å². The lowest BCUT2D eigenvalue weighted by atomic mass is 9.77. The molecular formula is C11H19NO2. The van der Waals surface area contributed by atoms with Crippen molar-refractivity contribution in [2.24, 2.45) is 11.3 Å². The molecule has 14 heavy (non-hydrogen) atoms. The number of hydrogen-bond acceptors (Lipinski definition) is 2. The molecule has 0 aromatic heterocycles. The van der Waals surface area contributed by atoms with Gasteiger partial charge in [-0.2, -0.15) is 0 Å². The number of amides is 1. The molecule has 2 saturated heterocycles. The Bertz CT molecular complexity index is 231. The second-order valence-corrected chi connectivity index (χ2v) is 5.09. The van der Waals surface area contributed by atoms with Crippen molar-refractivity contribution in [2.45, 2.75) is 39.2 Å². The van der Waals surface area contributed by atoms with Crippen LogP contribution < -0.4 is 5.32 Å². The molecule has 80 valence electrons. The van der Waals surface area contributed by atoms with Crippen LogP contribution in [0.25, 0.3) is 0 Å². The Morgan fingerprint density at radius 3 is 3.00 bits per heavy atom. The van der Waals surface area contributed by atoms with Crippen LogP contribution in [0.3, 0.4) is 0 Å². The number of hydrogen-bond donors (Lipinski definition) is 1. The maximum Gasteiger partial charge on any atom is 0.220 e. The summed E-state index contributed by atoms with van der Waals surface area (Å²) in [6.07, 6.45) is 2.79. The van der Waals surface area contributed by atoms with Crippen LogP contribution in [0, 0.1) is 11.3 Å². The standard InChI is InChI=1S/C11H19NO2/c1-8(2)5-9-11(3-4-14-7-11)6-10(13)12-9/h8-9H,3-7H2,1-2H3,(H,12,13). The third-order valence-corrected chi connectivity index (χ3v) is 3.43. The molecule has 2 aliphatic rings. The maximum absolute atomic E-state index is 11.4. The zero-order chi connectivity index (χ0) is 10.2. The van der Waals surface area contributed by atoms with Crippen LogP contribution in [0.1, 0.15) is 33.1 Å². The molecule has 2 unspecified atom stereocenters. The molecule has 0 saturated carbocycles. The van der Waals surface area contributed by atoms with Crippen molar-refractivity contribution in [1.29, 1.82) is 0 Å². The van der Waals surface area contributed by atoms with Gasteiger partial charge in [0.25, 0.3) is 0 Å². The molecule has 0 aromatic rings. The van der Waals surface area contributed by atoms with Crippen molar-refractivity contribution in [1.82, 2.24) is 5.32 Å². The maximum atomic E-state index is 11.4. The monoisotopic (exact) mass is 197 g/mol. The molecule has 1 spiro atoms. The van der Waals surface area contributed by atoms with E-state index in [-0.39, 0.29) is 11.3 Å². The molecule has 2 rings (SSSR count). The van der Waals surface area contributed by atoms with Crippen molar-refractivity contribution in [3.8, 4) is 0 Å². The van der Waals surface area contributed by atoms with Gasteiger partial charge in [0.05, 0.1) is 6.61 Å². The Labute approximate surface area is 85.2 Å². The second-order valence-electron chi connectivity index (χ2n) is 5.09. The van der Waals surface area contributed by atoms with E-state index >= 15 is 0 Å². The third kappa shape index (κ3) is 1.65. The summed E-state index contributed by atoms with van der Waals surface area (Å²) in [6, 6.07) is 0.345. The van der Waals surface area contributed by atoms with Crippen LogP contribution in [-0.2, 0) is 9.53 Å². The molecule has 3 heteroatoms. The third-order valence-electron chi connectivity index (χ3n) is 3.43. The van der Waals surface area contributed by atoms with Gasteiger partial charge < -0.3 is 10.1 Å². The average molecular weight is 197 g/mol. The quantitative estimate of drug-likeness (QED) is 0.725. The zero-order valence-corrected chi connectivity index (χ0v) is 9.01. The summed E-state index contributed by atoms with van der Waals surface area (Å²) < 4.78 is 5.45. The first kappa shape index (κ1) is 9.97. The van der Waals surface area contributed by atoms with Crippen molar-refractivity contribution < 1.29 is 9.53 Å². The second kappa shape index (κ2) is 3.54. The molecule has 1 N–H and O–H groups in total. The van der Waals surface area contributed by atoms with E-state index in [9.17, 15) is 4.79 Å². The van der Waals surface area contributed by atoms with Crippen LogP contribution in [-0.4, -0.2) is 25.2 Å². The van der Waals surface area contributed by atoms with Crippen molar-refractivity contribution >= 4 is 5.91 Å². The molecule has 0 bridgehead atoms. The minimum absolute atomic E-state index is 0.126. The van der Waals surface area contributed by atoms with Gasteiger partial charge in [0.2, 0.25) is 5.91 Å². The Morgan fingerprint density at radius 1 is 1.64 bits per heavy atom. The zero-order valence-electron chi connectivity index (χ0n) is 9.01. The first-order valence-corrected chi connectivity index (χ1v) is 5.49. The Kier molecular flexibility index (Phi) is 2.52. The highest BCUT2D eigenvalue weighted by molar-refractivity contribution is 5.80. The van der Waals surface area contributed by atoms with Crippen molar-refractivity contribution in [3.63, 3.8) is 0 Å². The van der Waals surface area contributed by atoms with E-state index in [1.807, 2.05) is 0 Å². The van der Waals surface area contributed by atoms with Crippen LogP contribution in [0.4, 0.5) is 0 Å². The van der Waals surface area contributed by atoms with E-state index in [1.165, 1.54) is 0 Å². The van der Waals surface area contributed by atoms with Gasteiger partial charge in [-0.15, -0.1) is 0 Å². The number of carbonyl (C=O) groups excluding carboxylic acids is 1. The minimum atomic E-state index is 0.126. The number of nitrogens with one attached hydrogen (secondary N) is 1. The normalized spacial score (nSPS) is 37.1. The summed E-state index contributed by atoms with van der Waals surface area (Å²) in [6.45, 7) is 5.99. The lowest BCUT2D eigenvalue weighted by molar-refractivity contribution is -0.119. The molecule has 0 aromatic carbocycles. The first-order valence-electron chi connectivity index (χ1n) is 5.49. The topological polar surface area (TPSA) is 38.3 Å². The van der Waals surface area contributed by atoms with E-state index < -0.39 is 0 Å². The van der Waals surface area contributed by atoms with Gasteiger partial charge in [-0.25, -0.2) is 0 Å². The molecule has 3 nitrogen and oxygen atoms in total. The van der Waals surface area contributed by atoms with Crippen LogP contribution in [0.5, 0.6) is 0 Å². The molecule has 0 radical (unpaired) electrons. The summed E-state index contributed by atoms with van der Waals surface area (Å²) in [7, 11) is 0. The molecule has 2 fully saturated rings. The molecule has 2 heterocycles. The fourth-order valence-electron chi connectivity index (χ4n) is 2.66. The van der Waals surface area contributed by atoms with Crippen LogP contribution in [0.15, 0.2) is 0 Å². The van der Waals surface area contributed by atoms with Gasteiger partial charge in [0.1, 0.15) is 0 Å². The summed E-state index contributed by atoms with van der Waals surface area (Å²) in [5.74, 6) is 0.844. The Morgan fingerprint density at radius 2 is 2.43 bits per heavy atom. The van der Waals surface area contributed by atoms with E-state index in [4.69, 9.17) is 4.74 Å². The lowest BCUT2D eigenvalue weighted by Crippen LogP contribution is -2.38. The SMILES string of the molecule is CC(C)CC1NC(=O)CC12CCOC2. The predicted molar refractivity (Wildman–Crippen MR) is 53.9 cm³/mol. The van der Waals surface area contributed by atoms with Crippen molar-refractivity contribution in [3.05, 3.63) is 0 Å². The minimum Gasteiger partial charge on any atom is -0.381 e. The highest BCUT2D eigenvalue weighted by atomic mass is 16.5. The largest absolute Gasteiger partial charge is 0.381 e. The molecule has 1 amide bonds. The van der Waals surface area contributed by atoms with Crippen LogP contribution >= 0.6 is 0 Å². The smallest absolute Gasteiger partial charge is 0.220 e. The number of carbonyl (C=O) groups is 1. The summed E-state index contributed by atoms with van der Waals surface area (Å²) in [5.41, 5.74) is 0.126. The fraction of sp³-hybridized carbons (Fsp3) is 0.909. The summed E-state index contributed by atoms with van der Waals surface area (Å²) in [4.78, 5) is 11.4. The summed E-state index contributed by atoms with van der Waals surface area (Å²) in [5, 5.41) is 3.10. The van der Waals surface area contributed by atoms with Gasteiger partial charge in [-0.3, -0.25) is 4.79 Å². The Balaban J connectivity index is 2.09. The van der Waals surface area contributed by atoms with Gasteiger partial charge in [-0.1, -0.05) is 13.8 Å². The molecular weight excluding hydrogens is 178 g/mol. The molecule has 2 aliphatic heterocycles.